The van der Waals surface area contributed by atoms with E-state index in [9.17, 15) is 9.90 Å². The molecule has 2 heterocycles. The van der Waals surface area contributed by atoms with Crippen LogP contribution in [0.5, 0.6) is 11.5 Å². The zero-order chi connectivity index (χ0) is 17.8. The van der Waals surface area contributed by atoms with E-state index in [2.05, 4.69) is 15.2 Å². The van der Waals surface area contributed by atoms with Crippen LogP contribution in [0.15, 0.2) is 30.5 Å². The van der Waals surface area contributed by atoms with Gasteiger partial charge in [0.2, 0.25) is 5.91 Å². The first-order valence-electron chi connectivity index (χ1n) is 8.10. The van der Waals surface area contributed by atoms with Crippen LogP contribution in [0.4, 0.5) is 0 Å². The number of phenolic OH excluding ortho intramolecular Hbond substituents is 1. The first-order valence-corrected chi connectivity index (χ1v) is 8.48. The van der Waals surface area contributed by atoms with Crippen molar-refractivity contribution in [3.8, 4) is 22.8 Å². The summed E-state index contributed by atoms with van der Waals surface area (Å²) in [6.45, 7) is 4.64. The number of nitrogens with zero attached hydrogens (tertiary/aromatic N) is 2. The van der Waals surface area contributed by atoms with Crippen molar-refractivity contribution in [3.05, 3.63) is 41.0 Å². The van der Waals surface area contributed by atoms with Crippen molar-refractivity contribution in [2.24, 2.45) is 0 Å². The minimum Gasteiger partial charge on any atom is -0.504 e. The standard InChI is InChI=1S/C18H20ClN3O3/c1-12(23)20-4-5-22-6-7-25-18-14(11-22)8-13(9-17(18)24)16-3-2-15(19)10-21-16/h2-3,8-10,24H,4-7,11H2,1H3,(H,20,23). The summed E-state index contributed by atoms with van der Waals surface area (Å²) in [5, 5.41) is 13.7. The number of benzene rings is 1. The van der Waals surface area contributed by atoms with Crippen LogP contribution in [-0.2, 0) is 11.3 Å². The van der Waals surface area contributed by atoms with Crippen LogP contribution in [0.3, 0.4) is 0 Å². The Balaban J connectivity index is 1.83. The lowest BCUT2D eigenvalue weighted by molar-refractivity contribution is -0.119. The Kier molecular flexibility index (Phi) is 5.40. The molecule has 1 aromatic carbocycles. The van der Waals surface area contributed by atoms with Gasteiger partial charge in [0.1, 0.15) is 6.61 Å². The molecule has 0 aliphatic carbocycles. The average Bonchev–Trinajstić information content (AvgIpc) is 2.77. The van der Waals surface area contributed by atoms with Crippen molar-refractivity contribution < 1.29 is 14.6 Å². The molecular weight excluding hydrogens is 342 g/mol. The van der Waals surface area contributed by atoms with Crippen LogP contribution in [0.1, 0.15) is 12.5 Å². The first-order chi connectivity index (χ1) is 12.0. The number of hydrogen-bond acceptors (Lipinski definition) is 5. The summed E-state index contributed by atoms with van der Waals surface area (Å²) in [5.74, 6) is 0.577. The molecule has 0 atom stereocenters. The predicted octanol–water partition coefficient (Wildman–Crippen LogP) is 2.44. The van der Waals surface area contributed by atoms with E-state index in [1.54, 1.807) is 18.3 Å². The summed E-state index contributed by atoms with van der Waals surface area (Å²) >= 11 is 5.89. The van der Waals surface area contributed by atoms with E-state index in [4.69, 9.17) is 16.3 Å². The van der Waals surface area contributed by atoms with Gasteiger partial charge >= 0.3 is 0 Å². The van der Waals surface area contributed by atoms with Crippen LogP contribution in [-0.4, -0.2) is 47.1 Å². The van der Waals surface area contributed by atoms with Crippen LogP contribution in [0.25, 0.3) is 11.3 Å². The molecule has 0 saturated carbocycles. The smallest absolute Gasteiger partial charge is 0.216 e. The van der Waals surface area contributed by atoms with Crippen molar-refractivity contribution >= 4 is 17.5 Å². The van der Waals surface area contributed by atoms with E-state index in [-0.39, 0.29) is 11.7 Å². The Labute approximate surface area is 151 Å². The minimum absolute atomic E-state index is 0.0415. The molecular formula is C18H20ClN3O3. The molecule has 0 radical (unpaired) electrons. The van der Waals surface area contributed by atoms with E-state index in [0.717, 1.165) is 23.4 Å². The number of aromatic nitrogens is 1. The Hall–Kier alpha value is -2.31. The summed E-state index contributed by atoms with van der Waals surface area (Å²) in [6, 6.07) is 7.21. The molecule has 1 aliphatic heterocycles. The van der Waals surface area contributed by atoms with Crippen molar-refractivity contribution in [1.29, 1.82) is 0 Å². The molecule has 25 heavy (non-hydrogen) atoms. The fourth-order valence-electron chi connectivity index (χ4n) is 2.83. The van der Waals surface area contributed by atoms with Gasteiger partial charge in [-0.15, -0.1) is 0 Å². The first kappa shape index (κ1) is 17.5. The quantitative estimate of drug-likeness (QED) is 0.874. The summed E-state index contributed by atoms with van der Waals surface area (Å²) in [6.07, 6.45) is 1.58. The van der Waals surface area contributed by atoms with Gasteiger partial charge in [0.15, 0.2) is 11.5 Å². The van der Waals surface area contributed by atoms with E-state index in [1.807, 2.05) is 12.1 Å². The maximum atomic E-state index is 11.0. The summed E-state index contributed by atoms with van der Waals surface area (Å²) in [5.41, 5.74) is 2.43. The third-order valence-electron chi connectivity index (χ3n) is 4.02. The fraction of sp³-hybridized carbons (Fsp3) is 0.333. The maximum absolute atomic E-state index is 11.0. The number of fused-ring (bicyclic) bond motifs is 1. The van der Waals surface area contributed by atoms with E-state index < -0.39 is 0 Å². The Morgan fingerprint density at radius 3 is 3.00 bits per heavy atom. The van der Waals surface area contributed by atoms with Crippen LogP contribution in [0.2, 0.25) is 5.02 Å². The van der Waals surface area contributed by atoms with E-state index in [1.165, 1.54) is 6.92 Å². The third kappa shape index (κ3) is 4.41. The molecule has 132 valence electrons. The predicted molar refractivity (Wildman–Crippen MR) is 95.8 cm³/mol. The number of hydrogen-bond donors (Lipinski definition) is 2. The zero-order valence-corrected chi connectivity index (χ0v) is 14.7. The second-order valence-corrected chi connectivity index (χ2v) is 6.39. The average molecular weight is 362 g/mol. The summed E-state index contributed by atoms with van der Waals surface area (Å²) in [4.78, 5) is 17.5. The van der Waals surface area contributed by atoms with Crippen LogP contribution < -0.4 is 10.1 Å². The number of aromatic hydroxyl groups is 1. The Morgan fingerprint density at radius 1 is 1.44 bits per heavy atom. The number of amides is 1. The van der Waals surface area contributed by atoms with Gasteiger partial charge in [0.05, 0.1) is 10.7 Å². The largest absolute Gasteiger partial charge is 0.504 e. The van der Waals surface area contributed by atoms with Gasteiger partial charge < -0.3 is 15.2 Å². The molecule has 0 bridgehead atoms. The highest BCUT2D eigenvalue weighted by molar-refractivity contribution is 6.30. The third-order valence-corrected chi connectivity index (χ3v) is 4.24. The normalized spacial score (nSPS) is 14.3. The van der Waals surface area contributed by atoms with Gasteiger partial charge in [-0.1, -0.05) is 11.6 Å². The minimum atomic E-state index is -0.0415. The van der Waals surface area contributed by atoms with Crippen molar-refractivity contribution in [2.45, 2.75) is 13.5 Å². The monoisotopic (exact) mass is 361 g/mol. The maximum Gasteiger partial charge on any atom is 0.216 e. The summed E-state index contributed by atoms with van der Waals surface area (Å²) in [7, 11) is 0. The second kappa shape index (κ2) is 7.72. The number of halogens is 1. The molecule has 6 nitrogen and oxygen atoms in total. The van der Waals surface area contributed by atoms with Gasteiger partial charge in [-0.2, -0.15) is 0 Å². The molecule has 7 heteroatoms. The molecule has 2 aromatic rings. The Morgan fingerprint density at radius 2 is 2.28 bits per heavy atom. The molecule has 0 unspecified atom stereocenters. The topological polar surface area (TPSA) is 74.7 Å². The lowest BCUT2D eigenvalue weighted by atomic mass is 10.0. The molecule has 0 spiro atoms. The van der Waals surface area contributed by atoms with Crippen molar-refractivity contribution in [3.63, 3.8) is 0 Å². The second-order valence-electron chi connectivity index (χ2n) is 5.95. The fourth-order valence-corrected chi connectivity index (χ4v) is 2.94. The van der Waals surface area contributed by atoms with E-state index in [0.29, 0.717) is 37.0 Å². The Bertz CT molecular complexity index is 765. The molecule has 1 aromatic heterocycles. The number of pyridine rings is 1. The SMILES string of the molecule is CC(=O)NCCN1CCOc2c(O)cc(-c3ccc(Cl)cn3)cc2C1. The van der Waals surface area contributed by atoms with Gasteiger partial charge in [-0.05, 0) is 24.3 Å². The number of rotatable bonds is 4. The highest BCUT2D eigenvalue weighted by atomic mass is 35.5. The molecule has 1 amide bonds. The number of carbonyl (C=O) groups is 1. The number of phenols is 1. The highest BCUT2D eigenvalue weighted by Gasteiger charge is 2.20. The van der Waals surface area contributed by atoms with Gasteiger partial charge in [-0.25, -0.2) is 0 Å². The molecule has 2 N–H and O–H groups in total. The summed E-state index contributed by atoms with van der Waals surface area (Å²) < 4.78 is 5.73. The molecule has 0 saturated heterocycles. The molecule has 1 aliphatic rings. The molecule has 3 rings (SSSR count). The number of ether oxygens (including phenoxy) is 1. The van der Waals surface area contributed by atoms with Gasteiger partial charge in [-0.3, -0.25) is 14.7 Å². The van der Waals surface area contributed by atoms with E-state index >= 15 is 0 Å². The van der Waals surface area contributed by atoms with Crippen LogP contribution >= 0.6 is 11.6 Å². The van der Waals surface area contributed by atoms with Gasteiger partial charge in [0.25, 0.3) is 0 Å². The van der Waals surface area contributed by atoms with Crippen LogP contribution in [0, 0.1) is 0 Å². The van der Waals surface area contributed by atoms with Crippen molar-refractivity contribution in [2.75, 3.05) is 26.2 Å². The lowest BCUT2D eigenvalue weighted by Crippen LogP contribution is -2.34. The van der Waals surface area contributed by atoms with Gasteiger partial charge in [0, 0.05) is 50.4 Å². The zero-order valence-electron chi connectivity index (χ0n) is 14.0. The van der Waals surface area contributed by atoms with Crippen molar-refractivity contribution in [1.82, 2.24) is 15.2 Å². The number of nitrogens with one attached hydrogen (secondary N) is 1. The lowest BCUT2D eigenvalue weighted by Gasteiger charge is -2.19. The number of carbonyl (C=O) groups excluding carboxylic acids is 1. The highest BCUT2D eigenvalue weighted by Crippen LogP contribution is 2.37. The molecule has 0 fully saturated rings.